The fraction of sp³-hybridized carbons (Fsp3) is 0.438. The van der Waals surface area contributed by atoms with E-state index in [2.05, 4.69) is 10.3 Å². The summed E-state index contributed by atoms with van der Waals surface area (Å²) in [5.74, 6) is -2.39. The first kappa shape index (κ1) is 14.7. The molecule has 0 aliphatic carbocycles. The number of hydrogen-bond acceptors (Lipinski definition) is 5. The number of carbonyl (C=O) groups is 2. The summed E-state index contributed by atoms with van der Waals surface area (Å²) in [6.45, 7) is 5.42. The third kappa shape index (κ3) is 2.39. The van der Waals surface area contributed by atoms with Crippen molar-refractivity contribution in [3.63, 3.8) is 0 Å². The maximum Gasteiger partial charge on any atom is 0.322 e. The fourth-order valence-electron chi connectivity index (χ4n) is 3.03. The molecule has 0 spiro atoms. The van der Waals surface area contributed by atoms with E-state index in [-0.39, 0.29) is 17.9 Å². The molecule has 1 aromatic rings. The lowest BCUT2D eigenvalue weighted by Gasteiger charge is -2.41. The minimum Gasteiger partial charge on any atom is -0.480 e. The predicted molar refractivity (Wildman–Crippen MR) is 82.6 cm³/mol. The molecular weight excluding hydrogens is 282 g/mol. The van der Waals surface area contributed by atoms with Crippen LogP contribution in [0.4, 0.5) is 5.69 Å². The second-order valence-corrected chi connectivity index (χ2v) is 5.93. The van der Waals surface area contributed by atoms with Crippen LogP contribution in [-0.4, -0.2) is 52.8 Å². The number of piperazine rings is 1. The van der Waals surface area contributed by atoms with Crippen LogP contribution in [0.25, 0.3) is 0 Å². The second kappa shape index (κ2) is 5.53. The highest BCUT2D eigenvalue weighted by molar-refractivity contribution is 6.26. The van der Waals surface area contributed by atoms with Crippen LogP contribution in [0.15, 0.2) is 29.3 Å². The van der Waals surface area contributed by atoms with Gasteiger partial charge in [0.2, 0.25) is 0 Å². The van der Waals surface area contributed by atoms with E-state index < -0.39 is 11.9 Å². The topological polar surface area (TPSA) is 82.0 Å². The van der Waals surface area contributed by atoms with Gasteiger partial charge in [-0.05, 0) is 26.0 Å². The number of fused-ring (bicyclic) bond motifs is 1. The van der Waals surface area contributed by atoms with Crippen LogP contribution in [0.3, 0.4) is 0 Å². The van der Waals surface area contributed by atoms with Crippen molar-refractivity contribution in [3.8, 4) is 0 Å². The van der Waals surface area contributed by atoms with Gasteiger partial charge in [0.1, 0.15) is 5.84 Å². The number of carboxylic acid groups (broad SMARTS) is 1. The van der Waals surface area contributed by atoms with Crippen molar-refractivity contribution in [1.29, 1.82) is 0 Å². The largest absolute Gasteiger partial charge is 0.480 e. The summed E-state index contributed by atoms with van der Waals surface area (Å²) in [4.78, 5) is 30.7. The number of Topliss-reactive ketones (excluding diaryl/α,β-unsaturated/α-hetero) is 1. The second-order valence-electron chi connectivity index (χ2n) is 5.93. The van der Waals surface area contributed by atoms with Gasteiger partial charge >= 0.3 is 5.97 Å². The van der Waals surface area contributed by atoms with Gasteiger partial charge in [-0.2, -0.15) is 0 Å². The number of nitrogens with zero attached hydrogens (tertiary/aromatic N) is 2. The third-order valence-electron chi connectivity index (χ3n) is 4.23. The monoisotopic (exact) mass is 301 g/mol. The van der Waals surface area contributed by atoms with Gasteiger partial charge in [-0.1, -0.05) is 12.1 Å². The Kier molecular flexibility index (Phi) is 3.70. The van der Waals surface area contributed by atoms with Crippen molar-refractivity contribution in [3.05, 3.63) is 29.8 Å². The number of hydrogen-bond donors (Lipinski definition) is 2. The quantitative estimate of drug-likeness (QED) is 0.764. The molecule has 3 unspecified atom stereocenters. The maximum absolute atomic E-state index is 12.6. The van der Waals surface area contributed by atoms with Crippen molar-refractivity contribution in [1.82, 2.24) is 10.2 Å². The Hall–Kier alpha value is -2.21. The van der Waals surface area contributed by atoms with Crippen molar-refractivity contribution >= 4 is 23.3 Å². The molecule has 1 saturated heterocycles. The summed E-state index contributed by atoms with van der Waals surface area (Å²) < 4.78 is 0. The maximum atomic E-state index is 12.6. The number of para-hydroxylation sites is 1. The van der Waals surface area contributed by atoms with E-state index in [0.717, 1.165) is 6.54 Å². The molecular formula is C16H19N3O3. The summed E-state index contributed by atoms with van der Waals surface area (Å²) >= 11 is 0. The molecule has 6 nitrogen and oxygen atoms in total. The summed E-state index contributed by atoms with van der Waals surface area (Å²) in [5.41, 5.74) is 0.938. The van der Waals surface area contributed by atoms with Gasteiger partial charge in [0.25, 0.3) is 0 Å². The van der Waals surface area contributed by atoms with Gasteiger partial charge in [-0.15, -0.1) is 0 Å². The molecule has 116 valence electrons. The lowest BCUT2D eigenvalue weighted by molar-refractivity contribution is -0.138. The number of carboxylic acids is 1. The van der Waals surface area contributed by atoms with E-state index in [0.29, 0.717) is 23.6 Å². The number of amidine groups is 1. The van der Waals surface area contributed by atoms with Crippen LogP contribution < -0.4 is 5.32 Å². The highest BCUT2D eigenvalue weighted by atomic mass is 16.4. The number of aliphatic imine (C=N–C) groups is 1. The fourth-order valence-corrected chi connectivity index (χ4v) is 3.03. The average molecular weight is 301 g/mol. The molecule has 0 radical (unpaired) electrons. The van der Waals surface area contributed by atoms with E-state index in [4.69, 9.17) is 0 Å². The summed E-state index contributed by atoms with van der Waals surface area (Å²) in [6.07, 6.45) is 0. The molecule has 0 aromatic heterocycles. The Balaban J connectivity index is 2.08. The number of carbonyl (C=O) groups excluding carboxylic acids is 1. The molecule has 0 saturated carbocycles. The first-order valence-electron chi connectivity index (χ1n) is 7.43. The zero-order valence-corrected chi connectivity index (χ0v) is 12.6. The first-order chi connectivity index (χ1) is 10.5. The Morgan fingerprint density at radius 3 is 2.82 bits per heavy atom. The van der Waals surface area contributed by atoms with Gasteiger partial charge in [-0.3, -0.25) is 9.59 Å². The number of benzene rings is 1. The van der Waals surface area contributed by atoms with Crippen LogP contribution in [0.1, 0.15) is 24.2 Å². The van der Waals surface area contributed by atoms with E-state index in [9.17, 15) is 14.7 Å². The molecule has 2 aliphatic heterocycles. The van der Waals surface area contributed by atoms with Crippen molar-refractivity contribution in [2.45, 2.75) is 25.9 Å². The molecule has 1 aromatic carbocycles. The van der Waals surface area contributed by atoms with Crippen LogP contribution >= 0.6 is 0 Å². The summed E-state index contributed by atoms with van der Waals surface area (Å²) in [7, 11) is 0. The minimum atomic E-state index is -1.22. The molecule has 3 rings (SSSR count). The third-order valence-corrected chi connectivity index (χ3v) is 4.23. The molecule has 3 atom stereocenters. The standard InChI is InChI=1S/C16H19N3O3/c1-9-8-19(10(2)7-17-9)15-13(16(21)22)14(20)11-5-3-4-6-12(11)18-15/h3-6,9-10,13,17H,7-8H2,1-2H3,(H,21,22). The van der Waals surface area contributed by atoms with Crippen LogP contribution in [0.5, 0.6) is 0 Å². The minimum absolute atomic E-state index is 0.0925. The molecule has 22 heavy (non-hydrogen) atoms. The van der Waals surface area contributed by atoms with Gasteiger partial charge in [0.15, 0.2) is 11.7 Å². The molecule has 2 heterocycles. The van der Waals surface area contributed by atoms with Crippen LogP contribution in [-0.2, 0) is 4.79 Å². The Labute approximate surface area is 128 Å². The first-order valence-corrected chi connectivity index (χ1v) is 7.43. The van der Waals surface area contributed by atoms with Gasteiger partial charge in [0, 0.05) is 30.7 Å². The van der Waals surface area contributed by atoms with Gasteiger partial charge < -0.3 is 15.3 Å². The zero-order valence-electron chi connectivity index (χ0n) is 12.6. The number of aliphatic carboxylic acids is 1. The van der Waals surface area contributed by atoms with Crippen LogP contribution in [0.2, 0.25) is 0 Å². The zero-order chi connectivity index (χ0) is 15.9. The van der Waals surface area contributed by atoms with E-state index in [1.54, 1.807) is 24.3 Å². The predicted octanol–water partition coefficient (Wildman–Crippen LogP) is 1.30. The summed E-state index contributed by atoms with van der Waals surface area (Å²) in [5, 5.41) is 12.9. The van der Waals surface area contributed by atoms with E-state index in [1.807, 2.05) is 18.7 Å². The summed E-state index contributed by atoms with van der Waals surface area (Å²) in [6, 6.07) is 7.24. The Morgan fingerprint density at radius 1 is 1.36 bits per heavy atom. The van der Waals surface area contributed by atoms with E-state index >= 15 is 0 Å². The van der Waals surface area contributed by atoms with Crippen molar-refractivity contribution in [2.75, 3.05) is 13.1 Å². The Morgan fingerprint density at radius 2 is 2.09 bits per heavy atom. The van der Waals surface area contributed by atoms with E-state index in [1.165, 1.54) is 0 Å². The Bertz CT molecular complexity index is 656. The normalized spacial score (nSPS) is 28.1. The number of ketones is 1. The van der Waals surface area contributed by atoms with Gasteiger partial charge in [-0.25, -0.2) is 4.99 Å². The number of rotatable bonds is 1. The van der Waals surface area contributed by atoms with Crippen molar-refractivity contribution in [2.24, 2.45) is 10.9 Å². The lowest BCUT2D eigenvalue weighted by Crippen LogP contribution is -2.59. The number of nitrogens with one attached hydrogen (secondary N) is 1. The molecule has 0 amide bonds. The van der Waals surface area contributed by atoms with Crippen molar-refractivity contribution < 1.29 is 14.7 Å². The smallest absolute Gasteiger partial charge is 0.322 e. The SMILES string of the molecule is CC1CN(C2=Nc3ccccc3C(=O)C2C(=O)O)C(C)CN1. The molecule has 2 N–H and O–H groups in total. The highest BCUT2D eigenvalue weighted by Gasteiger charge is 2.41. The molecule has 2 aliphatic rings. The average Bonchev–Trinajstić information content (AvgIpc) is 2.49. The molecule has 6 heteroatoms. The lowest BCUT2D eigenvalue weighted by atomic mass is 9.90. The molecule has 1 fully saturated rings. The van der Waals surface area contributed by atoms with Crippen LogP contribution in [0, 0.1) is 5.92 Å². The van der Waals surface area contributed by atoms with Gasteiger partial charge in [0.05, 0.1) is 5.69 Å². The highest BCUT2D eigenvalue weighted by Crippen LogP contribution is 2.31. The molecule has 0 bridgehead atoms.